The first kappa shape index (κ1) is 15.0. The zero-order valence-electron chi connectivity index (χ0n) is 12.9. The molecule has 0 spiro atoms. The highest BCUT2D eigenvalue weighted by atomic mass is 32.2. The third-order valence-corrected chi connectivity index (χ3v) is 5.43. The molecule has 0 saturated carbocycles. The van der Waals surface area contributed by atoms with E-state index in [1.807, 2.05) is 24.3 Å². The van der Waals surface area contributed by atoms with Crippen LogP contribution in [0.1, 0.15) is 12.0 Å². The third kappa shape index (κ3) is 2.69. The Morgan fingerprint density at radius 2 is 1.96 bits per heavy atom. The van der Waals surface area contributed by atoms with Crippen LogP contribution in [0.25, 0.3) is 10.9 Å². The first-order valence-electron chi connectivity index (χ1n) is 7.76. The Morgan fingerprint density at radius 3 is 2.88 bits per heavy atom. The van der Waals surface area contributed by atoms with E-state index in [1.54, 1.807) is 30.5 Å². The Kier molecular flexibility index (Phi) is 3.61. The fraction of sp³-hybridized carbons (Fsp3) is 0.167. The Bertz CT molecular complexity index is 1010. The molecule has 2 aromatic carbocycles. The minimum Gasteiger partial charge on any atom is -0.493 e. The Morgan fingerprint density at radius 1 is 1.08 bits per heavy atom. The van der Waals surface area contributed by atoms with Gasteiger partial charge in [-0.2, -0.15) is 0 Å². The summed E-state index contributed by atoms with van der Waals surface area (Å²) >= 11 is 0. The smallest absolute Gasteiger partial charge is 0.261 e. The van der Waals surface area contributed by atoms with E-state index in [0.29, 0.717) is 17.8 Å². The van der Waals surface area contributed by atoms with Crippen molar-refractivity contribution in [3.05, 3.63) is 60.3 Å². The molecule has 5 nitrogen and oxygen atoms in total. The van der Waals surface area contributed by atoms with Gasteiger partial charge < -0.3 is 4.74 Å². The summed E-state index contributed by atoms with van der Waals surface area (Å²) in [5.74, 6) is 0.770. The summed E-state index contributed by atoms with van der Waals surface area (Å²) in [6.07, 6.45) is 3.38. The number of aromatic nitrogens is 1. The number of ether oxygens (including phenoxy) is 1. The summed E-state index contributed by atoms with van der Waals surface area (Å²) in [5.41, 5.74) is 2.03. The van der Waals surface area contributed by atoms with E-state index < -0.39 is 10.0 Å². The van der Waals surface area contributed by atoms with Crippen LogP contribution in [0.15, 0.2) is 59.6 Å². The third-order valence-electron chi connectivity index (χ3n) is 4.07. The molecule has 0 bridgehead atoms. The van der Waals surface area contributed by atoms with E-state index in [2.05, 4.69) is 9.71 Å². The van der Waals surface area contributed by atoms with Crippen molar-refractivity contribution >= 4 is 26.6 Å². The van der Waals surface area contributed by atoms with Crippen LogP contribution in [0.2, 0.25) is 0 Å². The SMILES string of the molecule is O=S(=O)(Nc1cccc2cccnc12)c1ccc2c(c1)CCCO2. The fourth-order valence-corrected chi connectivity index (χ4v) is 4.01. The molecular formula is C18H16N2O3S. The van der Waals surface area contributed by atoms with Crippen LogP contribution >= 0.6 is 0 Å². The summed E-state index contributed by atoms with van der Waals surface area (Å²) in [6.45, 7) is 0.680. The summed E-state index contributed by atoms with van der Waals surface area (Å²) in [7, 11) is -3.68. The average Bonchev–Trinajstić information content (AvgIpc) is 2.61. The number of benzene rings is 2. The average molecular weight is 340 g/mol. The molecular weight excluding hydrogens is 324 g/mol. The topological polar surface area (TPSA) is 68.3 Å². The number of fused-ring (bicyclic) bond motifs is 2. The molecule has 1 N–H and O–H groups in total. The number of hydrogen-bond donors (Lipinski definition) is 1. The van der Waals surface area contributed by atoms with Crippen LogP contribution in [0.4, 0.5) is 5.69 Å². The number of anilines is 1. The van der Waals surface area contributed by atoms with Crippen molar-refractivity contribution < 1.29 is 13.2 Å². The second-order valence-electron chi connectivity index (χ2n) is 5.71. The van der Waals surface area contributed by atoms with Gasteiger partial charge in [-0.3, -0.25) is 9.71 Å². The summed E-state index contributed by atoms with van der Waals surface area (Å²) in [4.78, 5) is 4.52. The fourth-order valence-electron chi connectivity index (χ4n) is 2.89. The van der Waals surface area contributed by atoms with Crippen LogP contribution < -0.4 is 9.46 Å². The van der Waals surface area contributed by atoms with Crippen molar-refractivity contribution in [2.75, 3.05) is 11.3 Å². The van der Waals surface area contributed by atoms with Crippen molar-refractivity contribution in [1.29, 1.82) is 0 Å². The van der Waals surface area contributed by atoms with Crippen molar-refractivity contribution in [3.8, 4) is 5.75 Å². The lowest BCUT2D eigenvalue weighted by atomic mass is 10.1. The van der Waals surface area contributed by atoms with Crippen LogP contribution in [0.5, 0.6) is 5.75 Å². The van der Waals surface area contributed by atoms with E-state index in [-0.39, 0.29) is 4.90 Å². The van der Waals surface area contributed by atoms with Crippen LogP contribution in [-0.4, -0.2) is 20.0 Å². The molecule has 0 fully saturated rings. The first-order chi connectivity index (χ1) is 11.6. The Hall–Kier alpha value is -2.60. The number of para-hydroxylation sites is 1. The highest BCUT2D eigenvalue weighted by Crippen LogP contribution is 2.29. The lowest BCUT2D eigenvalue weighted by Crippen LogP contribution is -2.15. The number of rotatable bonds is 3. The number of hydrogen-bond acceptors (Lipinski definition) is 4. The van der Waals surface area contributed by atoms with E-state index in [9.17, 15) is 8.42 Å². The predicted molar refractivity (Wildman–Crippen MR) is 92.8 cm³/mol. The highest BCUT2D eigenvalue weighted by Gasteiger charge is 2.19. The molecule has 24 heavy (non-hydrogen) atoms. The van der Waals surface area contributed by atoms with Crippen molar-refractivity contribution in [3.63, 3.8) is 0 Å². The lowest BCUT2D eigenvalue weighted by molar-refractivity contribution is 0.288. The maximum atomic E-state index is 12.8. The molecule has 3 aromatic rings. The second-order valence-corrected chi connectivity index (χ2v) is 7.39. The molecule has 0 atom stereocenters. The quantitative estimate of drug-likeness (QED) is 0.794. The molecule has 6 heteroatoms. The van der Waals surface area contributed by atoms with Gasteiger partial charge in [-0.1, -0.05) is 18.2 Å². The summed E-state index contributed by atoms with van der Waals surface area (Å²) in [5, 5.41) is 0.886. The van der Waals surface area contributed by atoms with E-state index in [1.165, 1.54) is 0 Å². The van der Waals surface area contributed by atoms with Gasteiger partial charge in [0.25, 0.3) is 10.0 Å². The van der Waals surface area contributed by atoms with Gasteiger partial charge >= 0.3 is 0 Å². The molecule has 0 saturated heterocycles. The van der Waals surface area contributed by atoms with Gasteiger partial charge in [-0.25, -0.2) is 8.42 Å². The van der Waals surface area contributed by atoms with Crippen molar-refractivity contribution in [2.45, 2.75) is 17.7 Å². The number of pyridine rings is 1. The largest absolute Gasteiger partial charge is 0.493 e. The predicted octanol–water partition coefficient (Wildman–Crippen LogP) is 3.36. The number of sulfonamides is 1. The Balaban J connectivity index is 1.73. The van der Waals surface area contributed by atoms with Gasteiger partial charge in [0, 0.05) is 11.6 Å². The second kappa shape index (κ2) is 5.79. The van der Waals surface area contributed by atoms with Gasteiger partial charge in [0.1, 0.15) is 5.75 Å². The zero-order valence-corrected chi connectivity index (χ0v) is 13.7. The lowest BCUT2D eigenvalue weighted by Gasteiger charge is -2.18. The van der Waals surface area contributed by atoms with Gasteiger partial charge in [0.05, 0.1) is 22.7 Å². The normalized spacial score (nSPS) is 14.0. The first-order valence-corrected chi connectivity index (χ1v) is 9.24. The van der Waals surface area contributed by atoms with E-state index in [0.717, 1.165) is 29.5 Å². The van der Waals surface area contributed by atoms with Gasteiger partial charge in [0.2, 0.25) is 0 Å². The standard InChI is InChI=1S/C18H16N2O3S/c21-24(22,15-8-9-17-14(12-15)6-3-11-23-17)20-16-7-1-4-13-5-2-10-19-18(13)16/h1-2,4-5,7-10,12,20H,3,6,11H2. The van der Waals surface area contributed by atoms with Crippen LogP contribution in [0, 0.1) is 0 Å². The molecule has 2 heterocycles. The minimum atomic E-state index is -3.68. The minimum absolute atomic E-state index is 0.236. The van der Waals surface area contributed by atoms with Crippen LogP contribution in [-0.2, 0) is 16.4 Å². The van der Waals surface area contributed by atoms with Crippen LogP contribution in [0.3, 0.4) is 0 Å². The molecule has 0 amide bonds. The van der Waals surface area contributed by atoms with Crippen molar-refractivity contribution in [1.82, 2.24) is 4.98 Å². The molecule has 0 radical (unpaired) electrons. The van der Waals surface area contributed by atoms with E-state index >= 15 is 0 Å². The van der Waals surface area contributed by atoms with Gasteiger partial charge in [-0.05, 0) is 48.7 Å². The molecule has 122 valence electrons. The van der Waals surface area contributed by atoms with Crippen molar-refractivity contribution in [2.24, 2.45) is 0 Å². The Labute approximate surface area is 140 Å². The molecule has 1 aliphatic rings. The maximum Gasteiger partial charge on any atom is 0.261 e. The van der Waals surface area contributed by atoms with Gasteiger partial charge in [-0.15, -0.1) is 0 Å². The molecule has 0 unspecified atom stereocenters. The number of aryl methyl sites for hydroxylation is 1. The summed E-state index contributed by atoms with van der Waals surface area (Å²) in [6, 6.07) is 14.1. The summed E-state index contributed by atoms with van der Waals surface area (Å²) < 4.78 is 33.7. The molecule has 0 aliphatic carbocycles. The maximum absolute atomic E-state index is 12.8. The van der Waals surface area contributed by atoms with E-state index in [4.69, 9.17) is 4.74 Å². The number of nitrogens with zero attached hydrogens (tertiary/aromatic N) is 1. The monoisotopic (exact) mass is 340 g/mol. The molecule has 1 aromatic heterocycles. The highest BCUT2D eigenvalue weighted by molar-refractivity contribution is 7.92. The van der Waals surface area contributed by atoms with Gasteiger partial charge in [0.15, 0.2) is 0 Å². The number of nitrogens with one attached hydrogen (secondary N) is 1. The molecule has 4 rings (SSSR count). The zero-order chi connectivity index (χ0) is 16.6. The molecule has 1 aliphatic heterocycles.